The molecule has 3 rings (SSSR count). The third-order valence-electron chi connectivity index (χ3n) is 3.62. The molecule has 0 atom stereocenters. The normalized spacial score (nSPS) is 13.0. The molecular formula is C17H19NO4. The highest BCUT2D eigenvalue weighted by Gasteiger charge is 2.14. The van der Waals surface area contributed by atoms with Gasteiger partial charge in [-0.15, -0.1) is 0 Å². The fourth-order valence-electron chi connectivity index (χ4n) is 2.42. The number of hydrogen-bond acceptors (Lipinski definition) is 4. The van der Waals surface area contributed by atoms with E-state index in [1.165, 1.54) is 0 Å². The zero-order valence-electron chi connectivity index (χ0n) is 12.6. The lowest BCUT2D eigenvalue weighted by Gasteiger charge is -2.21. The molecule has 0 N–H and O–H groups in total. The zero-order chi connectivity index (χ0) is 15.4. The summed E-state index contributed by atoms with van der Waals surface area (Å²) >= 11 is 0. The molecule has 1 aromatic carbocycles. The average Bonchev–Trinajstić information content (AvgIpc) is 3.06. The Morgan fingerprint density at radius 1 is 1.18 bits per heavy atom. The molecule has 1 amide bonds. The minimum absolute atomic E-state index is 0.0892. The maximum Gasteiger partial charge on any atom is 0.223 e. The first-order chi connectivity index (χ1) is 10.7. The molecule has 2 heterocycles. The van der Waals surface area contributed by atoms with Crippen LogP contribution in [0, 0.1) is 0 Å². The smallest absolute Gasteiger partial charge is 0.223 e. The molecule has 0 unspecified atom stereocenters. The zero-order valence-corrected chi connectivity index (χ0v) is 12.6. The average molecular weight is 301 g/mol. The van der Waals surface area contributed by atoms with Crippen LogP contribution in [0.2, 0.25) is 0 Å². The molecule has 1 aromatic heterocycles. The van der Waals surface area contributed by atoms with E-state index >= 15 is 0 Å². The summed E-state index contributed by atoms with van der Waals surface area (Å²) in [7, 11) is 1.81. The number of rotatable bonds is 5. The van der Waals surface area contributed by atoms with E-state index in [2.05, 4.69) is 0 Å². The number of hydrogen-bond donors (Lipinski definition) is 0. The first kappa shape index (κ1) is 14.5. The summed E-state index contributed by atoms with van der Waals surface area (Å²) < 4.78 is 16.3. The number of aryl methyl sites for hydroxylation is 1. The van der Waals surface area contributed by atoms with Crippen LogP contribution in [0.25, 0.3) is 0 Å². The van der Waals surface area contributed by atoms with Crippen LogP contribution in [-0.4, -0.2) is 31.1 Å². The molecule has 116 valence electrons. The van der Waals surface area contributed by atoms with Crippen molar-refractivity contribution >= 4 is 5.91 Å². The van der Waals surface area contributed by atoms with Gasteiger partial charge in [0, 0.05) is 26.4 Å². The van der Waals surface area contributed by atoms with Gasteiger partial charge in [-0.25, -0.2) is 0 Å². The summed E-state index contributed by atoms with van der Waals surface area (Å²) in [6.07, 6.45) is 2.69. The topological polar surface area (TPSA) is 51.9 Å². The number of carbonyl (C=O) groups is 1. The lowest BCUT2D eigenvalue weighted by molar-refractivity contribution is -0.130. The molecule has 0 fully saturated rings. The van der Waals surface area contributed by atoms with Crippen molar-refractivity contribution < 1.29 is 18.7 Å². The van der Waals surface area contributed by atoms with Gasteiger partial charge in [0.2, 0.25) is 5.91 Å². The molecule has 1 aliphatic rings. The SMILES string of the molecule is CN(Cc1ccc2c(c1)OCCO2)C(=O)CCc1ccco1. The van der Waals surface area contributed by atoms with Crippen LogP contribution < -0.4 is 9.47 Å². The van der Waals surface area contributed by atoms with Crippen molar-refractivity contribution in [2.24, 2.45) is 0 Å². The van der Waals surface area contributed by atoms with Crippen LogP contribution in [0.1, 0.15) is 17.7 Å². The summed E-state index contributed by atoms with van der Waals surface area (Å²) in [6.45, 7) is 1.69. The number of fused-ring (bicyclic) bond motifs is 1. The van der Waals surface area contributed by atoms with Gasteiger partial charge in [0.1, 0.15) is 19.0 Å². The second-order valence-electron chi connectivity index (χ2n) is 5.31. The van der Waals surface area contributed by atoms with Crippen LogP contribution in [0.5, 0.6) is 11.5 Å². The van der Waals surface area contributed by atoms with Gasteiger partial charge in [0.15, 0.2) is 11.5 Å². The van der Waals surface area contributed by atoms with E-state index in [4.69, 9.17) is 13.9 Å². The van der Waals surface area contributed by atoms with Gasteiger partial charge in [-0.3, -0.25) is 4.79 Å². The predicted octanol–water partition coefficient (Wildman–Crippen LogP) is 2.64. The quantitative estimate of drug-likeness (QED) is 0.852. The van der Waals surface area contributed by atoms with Crippen molar-refractivity contribution in [3.05, 3.63) is 47.9 Å². The number of benzene rings is 1. The highest BCUT2D eigenvalue weighted by Crippen LogP contribution is 2.31. The van der Waals surface area contributed by atoms with Gasteiger partial charge in [-0.2, -0.15) is 0 Å². The molecule has 5 heteroatoms. The first-order valence-corrected chi connectivity index (χ1v) is 7.37. The maximum absolute atomic E-state index is 12.2. The number of furan rings is 1. The molecule has 0 aliphatic carbocycles. The second kappa shape index (κ2) is 6.56. The molecule has 0 saturated heterocycles. The molecule has 22 heavy (non-hydrogen) atoms. The van der Waals surface area contributed by atoms with Gasteiger partial charge in [0.05, 0.1) is 6.26 Å². The van der Waals surface area contributed by atoms with E-state index in [0.717, 1.165) is 22.8 Å². The Morgan fingerprint density at radius 2 is 2.00 bits per heavy atom. The number of carbonyl (C=O) groups excluding carboxylic acids is 1. The molecule has 0 saturated carbocycles. The fraction of sp³-hybridized carbons (Fsp3) is 0.353. The third kappa shape index (κ3) is 3.42. The minimum Gasteiger partial charge on any atom is -0.486 e. The van der Waals surface area contributed by atoms with Crippen LogP contribution in [0.15, 0.2) is 41.0 Å². The molecule has 2 aromatic rings. The van der Waals surface area contributed by atoms with Crippen LogP contribution >= 0.6 is 0 Å². The van der Waals surface area contributed by atoms with Crippen LogP contribution in [0.4, 0.5) is 0 Å². The fourth-order valence-corrected chi connectivity index (χ4v) is 2.42. The maximum atomic E-state index is 12.2. The standard InChI is InChI=1S/C17H19NO4/c1-18(17(19)7-5-14-3-2-8-20-14)12-13-4-6-15-16(11-13)22-10-9-21-15/h2-4,6,8,11H,5,7,9-10,12H2,1H3. The molecular weight excluding hydrogens is 282 g/mol. The van der Waals surface area contributed by atoms with Crippen LogP contribution in [-0.2, 0) is 17.8 Å². The Bertz CT molecular complexity index is 636. The molecule has 5 nitrogen and oxygen atoms in total. The number of nitrogens with zero attached hydrogens (tertiary/aromatic N) is 1. The summed E-state index contributed by atoms with van der Waals surface area (Å²) in [5.74, 6) is 2.44. The van der Waals surface area contributed by atoms with E-state index in [1.807, 2.05) is 30.3 Å². The van der Waals surface area contributed by atoms with E-state index in [0.29, 0.717) is 32.6 Å². The monoisotopic (exact) mass is 301 g/mol. The Kier molecular flexibility index (Phi) is 4.32. The number of ether oxygens (including phenoxy) is 2. The van der Waals surface area contributed by atoms with Gasteiger partial charge in [-0.05, 0) is 29.8 Å². The van der Waals surface area contributed by atoms with Crippen molar-refractivity contribution in [3.63, 3.8) is 0 Å². The van der Waals surface area contributed by atoms with Gasteiger partial charge >= 0.3 is 0 Å². The van der Waals surface area contributed by atoms with Crippen molar-refractivity contribution in [3.8, 4) is 11.5 Å². The Hall–Kier alpha value is -2.43. The lowest BCUT2D eigenvalue weighted by Crippen LogP contribution is -2.26. The summed E-state index contributed by atoms with van der Waals surface area (Å²) in [6, 6.07) is 9.51. The van der Waals surface area contributed by atoms with Gasteiger partial charge < -0.3 is 18.8 Å². The molecule has 0 bridgehead atoms. The third-order valence-corrected chi connectivity index (χ3v) is 3.62. The van der Waals surface area contributed by atoms with Gasteiger partial charge in [-0.1, -0.05) is 6.07 Å². The molecule has 0 radical (unpaired) electrons. The summed E-state index contributed by atoms with van der Waals surface area (Å²) in [5, 5.41) is 0. The predicted molar refractivity (Wildman–Crippen MR) is 80.9 cm³/mol. The molecule has 0 spiro atoms. The Morgan fingerprint density at radius 3 is 2.77 bits per heavy atom. The van der Waals surface area contributed by atoms with Crippen molar-refractivity contribution in [2.75, 3.05) is 20.3 Å². The molecule has 1 aliphatic heterocycles. The largest absolute Gasteiger partial charge is 0.486 e. The van der Waals surface area contributed by atoms with Crippen LogP contribution in [0.3, 0.4) is 0 Å². The van der Waals surface area contributed by atoms with E-state index in [1.54, 1.807) is 18.2 Å². The lowest BCUT2D eigenvalue weighted by atomic mass is 10.1. The Labute approximate surface area is 129 Å². The van der Waals surface area contributed by atoms with E-state index < -0.39 is 0 Å². The number of amides is 1. The summed E-state index contributed by atoms with van der Waals surface area (Å²) in [5.41, 5.74) is 1.03. The van der Waals surface area contributed by atoms with Crippen molar-refractivity contribution in [1.29, 1.82) is 0 Å². The Balaban J connectivity index is 1.56. The van der Waals surface area contributed by atoms with Gasteiger partial charge in [0.25, 0.3) is 0 Å². The van der Waals surface area contributed by atoms with Crippen molar-refractivity contribution in [2.45, 2.75) is 19.4 Å². The summed E-state index contributed by atoms with van der Waals surface area (Å²) in [4.78, 5) is 13.9. The van der Waals surface area contributed by atoms with E-state index in [9.17, 15) is 4.79 Å². The second-order valence-corrected chi connectivity index (χ2v) is 5.31. The highest BCUT2D eigenvalue weighted by atomic mass is 16.6. The highest BCUT2D eigenvalue weighted by molar-refractivity contribution is 5.76. The first-order valence-electron chi connectivity index (χ1n) is 7.37. The minimum atomic E-state index is 0.0892. The van der Waals surface area contributed by atoms with Crippen molar-refractivity contribution in [1.82, 2.24) is 4.90 Å². The van der Waals surface area contributed by atoms with E-state index in [-0.39, 0.29) is 5.91 Å².